The van der Waals surface area contributed by atoms with Gasteiger partial charge in [0.2, 0.25) is 6.20 Å². The first-order valence-electron chi connectivity index (χ1n) is 7.40. The molecular formula is C19H15ClN2O2. The van der Waals surface area contributed by atoms with Gasteiger partial charge >= 0.3 is 0 Å². The molecule has 2 aromatic carbocycles. The van der Waals surface area contributed by atoms with E-state index in [1.165, 1.54) is 12.4 Å². The Bertz CT molecular complexity index is 909. The minimum Gasteiger partial charge on any atom is -0.619 e. The van der Waals surface area contributed by atoms with Gasteiger partial charge in [0.1, 0.15) is 5.69 Å². The van der Waals surface area contributed by atoms with Gasteiger partial charge in [0, 0.05) is 22.9 Å². The number of carbonyl (C=O) groups is 1. The van der Waals surface area contributed by atoms with E-state index in [0.29, 0.717) is 32.3 Å². The van der Waals surface area contributed by atoms with Crippen molar-refractivity contribution < 1.29 is 9.52 Å². The summed E-state index contributed by atoms with van der Waals surface area (Å²) in [6.45, 7) is 1.89. The summed E-state index contributed by atoms with van der Waals surface area (Å²) in [4.78, 5) is 12.7. The van der Waals surface area contributed by atoms with E-state index in [2.05, 4.69) is 5.32 Å². The Labute approximate surface area is 144 Å². The zero-order chi connectivity index (χ0) is 17.1. The van der Waals surface area contributed by atoms with E-state index < -0.39 is 0 Å². The normalized spacial score (nSPS) is 10.4. The number of halogens is 1. The van der Waals surface area contributed by atoms with Gasteiger partial charge < -0.3 is 10.5 Å². The Balaban J connectivity index is 1.87. The van der Waals surface area contributed by atoms with E-state index in [1.807, 2.05) is 25.1 Å². The van der Waals surface area contributed by atoms with Gasteiger partial charge in [0.25, 0.3) is 0 Å². The zero-order valence-corrected chi connectivity index (χ0v) is 13.7. The van der Waals surface area contributed by atoms with Crippen molar-refractivity contribution in [3.8, 4) is 0 Å². The molecule has 0 saturated heterocycles. The van der Waals surface area contributed by atoms with Crippen LogP contribution in [0.5, 0.6) is 0 Å². The van der Waals surface area contributed by atoms with E-state index in [4.69, 9.17) is 11.6 Å². The van der Waals surface area contributed by atoms with E-state index in [-0.39, 0.29) is 5.78 Å². The smallest absolute Gasteiger partial charge is 0.203 e. The molecule has 24 heavy (non-hydrogen) atoms. The number of rotatable bonds is 4. The van der Waals surface area contributed by atoms with Crippen molar-refractivity contribution >= 4 is 28.8 Å². The number of nitrogens with zero attached hydrogens (tertiary/aromatic N) is 1. The van der Waals surface area contributed by atoms with Crippen molar-refractivity contribution in [1.82, 2.24) is 0 Å². The van der Waals surface area contributed by atoms with Gasteiger partial charge in [-0.2, -0.15) is 4.73 Å². The van der Waals surface area contributed by atoms with Crippen LogP contribution in [0.1, 0.15) is 21.5 Å². The van der Waals surface area contributed by atoms with Crippen LogP contribution >= 0.6 is 11.6 Å². The Morgan fingerprint density at radius 1 is 1.04 bits per heavy atom. The topological polar surface area (TPSA) is 56.0 Å². The second-order valence-electron chi connectivity index (χ2n) is 5.42. The lowest BCUT2D eigenvalue weighted by atomic mass is 9.99. The van der Waals surface area contributed by atoms with Crippen molar-refractivity contribution in [2.45, 2.75) is 6.92 Å². The first kappa shape index (κ1) is 16.0. The summed E-state index contributed by atoms with van der Waals surface area (Å²) >= 11 is 6.30. The SMILES string of the molecule is Cc1ccccc1C(=O)c1ccc(Nc2ccc[n+]([O-])c2)cc1Cl. The Morgan fingerprint density at radius 3 is 2.54 bits per heavy atom. The molecule has 1 heterocycles. The van der Waals surface area contributed by atoms with Crippen LogP contribution in [0.25, 0.3) is 0 Å². The van der Waals surface area contributed by atoms with Gasteiger partial charge in [-0.3, -0.25) is 4.79 Å². The molecule has 1 aromatic heterocycles. The maximum Gasteiger partial charge on any atom is 0.203 e. The molecule has 0 saturated carbocycles. The number of aryl methyl sites for hydroxylation is 1. The monoisotopic (exact) mass is 338 g/mol. The first-order chi connectivity index (χ1) is 11.5. The average molecular weight is 339 g/mol. The molecule has 0 amide bonds. The fourth-order valence-electron chi connectivity index (χ4n) is 2.45. The van der Waals surface area contributed by atoms with Gasteiger partial charge in [-0.1, -0.05) is 35.9 Å². The van der Waals surface area contributed by atoms with Crippen LogP contribution in [0.15, 0.2) is 67.0 Å². The molecule has 4 nitrogen and oxygen atoms in total. The number of aromatic nitrogens is 1. The van der Waals surface area contributed by atoms with Crippen LogP contribution in [0.3, 0.4) is 0 Å². The molecule has 0 unspecified atom stereocenters. The van der Waals surface area contributed by atoms with E-state index in [9.17, 15) is 10.0 Å². The third kappa shape index (κ3) is 3.39. The van der Waals surface area contributed by atoms with Gasteiger partial charge in [0.05, 0.1) is 5.02 Å². The summed E-state index contributed by atoms with van der Waals surface area (Å²) < 4.78 is 0.708. The molecule has 0 fully saturated rings. The molecule has 0 radical (unpaired) electrons. The molecule has 3 rings (SSSR count). The Hall–Kier alpha value is -2.85. The number of carbonyl (C=O) groups excluding carboxylic acids is 1. The molecule has 0 aliphatic heterocycles. The summed E-state index contributed by atoms with van der Waals surface area (Å²) in [5, 5.41) is 14.7. The number of hydrogen-bond donors (Lipinski definition) is 1. The van der Waals surface area contributed by atoms with Crippen molar-refractivity contribution in [2.75, 3.05) is 5.32 Å². The summed E-state index contributed by atoms with van der Waals surface area (Å²) in [7, 11) is 0. The van der Waals surface area contributed by atoms with E-state index in [1.54, 1.807) is 36.4 Å². The number of pyridine rings is 1. The van der Waals surface area contributed by atoms with Crippen molar-refractivity contribution in [3.63, 3.8) is 0 Å². The molecule has 0 spiro atoms. The number of hydrogen-bond acceptors (Lipinski definition) is 3. The third-order valence-corrected chi connectivity index (χ3v) is 3.98. The summed E-state index contributed by atoms with van der Waals surface area (Å²) in [5.41, 5.74) is 3.33. The van der Waals surface area contributed by atoms with Crippen LogP contribution in [0.4, 0.5) is 11.4 Å². The largest absolute Gasteiger partial charge is 0.619 e. The predicted octanol–water partition coefficient (Wildman–Crippen LogP) is 4.26. The molecule has 0 aliphatic carbocycles. The molecule has 3 aromatic rings. The molecular weight excluding hydrogens is 324 g/mol. The molecule has 0 atom stereocenters. The zero-order valence-electron chi connectivity index (χ0n) is 13.0. The fourth-order valence-corrected chi connectivity index (χ4v) is 2.71. The van der Waals surface area contributed by atoms with Crippen LogP contribution in [-0.4, -0.2) is 5.78 Å². The van der Waals surface area contributed by atoms with Crippen LogP contribution < -0.4 is 10.0 Å². The highest BCUT2D eigenvalue weighted by Crippen LogP contribution is 2.26. The maximum absolute atomic E-state index is 12.7. The van der Waals surface area contributed by atoms with Crippen LogP contribution in [-0.2, 0) is 0 Å². The van der Waals surface area contributed by atoms with Crippen LogP contribution in [0.2, 0.25) is 5.02 Å². The lowest BCUT2D eigenvalue weighted by molar-refractivity contribution is -0.604. The second-order valence-corrected chi connectivity index (χ2v) is 5.82. The predicted molar refractivity (Wildman–Crippen MR) is 94.7 cm³/mol. The molecule has 120 valence electrons. The third-order valence-electron chi connectivity index (χ3n) is 3.67. The number of benzene rings is 2. The maximum atomic E-state index is 12.7. The first-order valence-corrected chi connectivity index (χ1v) is 7.78. The van der Waals surface area contributed by atoms with Crippen LogP contribution in [0, 0.1) is 12.1 Å². The summed E-state index contributed by atoms with van der Waals surface area (Å²) in [5.74, 6) is -0.109. The average Bonchev–Trinajstić information content (AvgIpc) is 2.55. The summed E-state index contributed by atoms with van der Waals surface area (Å²) in [6, 6.07) is 16.0. The standard InChI is InChI=1S/C19H15ClN2O2/c1-13-5-2-3-7-16(13)19(23)17-9-8-14(11-18(17)20)21-15-6-4-10-22(24)12-15/h2-12,21H,1H3. The highest BCUT2D eigenvalue weighted by atomic mass is 35.5. The summed E-state index contributed by atoms with van der Waals surface area (Å²) in [6.07, 6.45) is 2.82. The van der Waals surface area contributed by atoms with Crippen molar-refractivity contribution in [1.29, 1.82) is 0 Å². The molecule has 0 bridgehead atoms. The van der Waals surface area contributed by atoms with Crippen molar-refractivity contribution in [2.24, 2.45) is 0 Å². The highest BCUT2D eigenvalue weighted by Gasteiger charge is 2.15. The fraction of sp³-hybridized carbons (Fsp3) is 0.0526. The minimum absolute atomic E-state index is 0.109. The molecule has 5 heteroatoms. The van der Waals surface area contributed by atoms with Gasteiger partial charge in [-0.15, -0.1) is 0 Å². The van der Waals surface area contributed by atoms with Gasteiger partial charge in [0.15, 0.2) is 12.0 Å². The lowest BCUT2D eigenvalue weighted by Gasteiger charge is -2.10. The van der Waals surface area contributed by atoms with E-state index >= 15 is 0 Å². The number of nitrogens with one attached hydrogen (secondary N) is 1. The van der Waals surface area contributed by atoms with Crippen molar-refractivity contribution in [3.05, 3.63) is 93.9 Å². The van der Waals surface area contributed by atoms with E-state index in [0.717, 1.165) is 5.56 Å². The number of anilines is 2. The number of ketones is 1. The second kappa shape index (κ2) is 6.72. The quantitative estimate of drug-likeness (QED) is 0.439. The molecule has 0 aliphatic rings. The van der Waals surface area contributed by atoms with Gasteiger partial charge in [-0.05, 0) is 36.8 Å². The Morgan fingerprint density at radius 2 is 1.83 bits per heavy atom. The minimum atomic E-state index is -0.109. The Kier molecular flexibility index (Phi) is 4.49. The molecule has 1 N–H and O–H groups in total. The highest BCUT2D eigenvalue weighted by molar-refractivity contribution is 6.35. The van der Waals surface area contributed by atoms with Gasteiger partial charge in [-0.25, -0.2) is 0 Å². The lowest BCUT2D eigenvalue weighted by Crippen LogP contribution is -2.24.